The molecule has 21 heavy (non-hydrogen) atoms. The van der Waals surface area contributed by atoms with Crippen LogP contribution in [0.5, 0.6) is 0 Å². The van der Waals surface area contributed by atoms with E-state index in [4.69, 9.17) is 0 Å². The number of imide groups is 1. The highest BCUT2D eigenvalue weighted by Crippen LogP contribution is 2.30. The molecule has 0 bridgehead atoms. The first-order valence-electron chi connectivity index (χ1n) is 7.95. The van der Waals surface area contributed by atoms with E-state index < -0.39 is 0 Å². The van der Waals surface area contributed by atoms with Crippen LogP contribution in [0, 0.1) is 10.8 Å². The van der Waals surface area contributed by atoms with E-state index >= 15 is 0 Å². The van der Waals surface area contributed by atoms with E-state index in [1.54, 1.807) is 11.8 Å². The second-order valence-corrected chi connectivity index (χ2v) is 9.66. The molecule has 0 aromatic heterocycles. The first-order valence-corrected chi connectivity index (χ1v) is 9.00. The monoisotopic (exact) mass is 313 g/mol. The standard InChI is InChI=1S/C17H31NO2S/c1-16(2,3)9-7-8-10-18-14(19)11-13(15(18)20)21-12-17(4,5)6/h13H,7-12H2,1-6H3. The molecule has 1 fully saturated rings. The second-order valence-electron chi connectivity index (χ2n) is 8.47. The molecule has 0 aliphatic carbocycles. The number of thioether (sulfide) groups is 1. The molecule has 1 saturated heterocycles. The minimum atomic E-state index is -0.153. The van der Waals surface area contributed by atoms with Gasteiger partial charge in [-0.2, -0.15) is 0 Å². The smallest absolute Gasteiger partial charge is 0.242 e. The van der Waals surface area contributed by atoms with Gasteiger partial charge >= 0.3 is 0 Å². The predicted molar refractivity (Wildman–Crippen MR) is 90.3 cm³/mol. The van der Waals surface area contributed by atoms with E-state index in [2.05, 4.69) is 41.5 Å². The Hall–Kier alpha value is -0.510. The van der Waals surface area contributed by atoms with E-state index in [-0.39, 0.29) is 22.5 Å². The van der Waals surface area contributed by atoms with Crippen LogP contribution in [0.3, 0.4) is 0 Å². The van der Waals surface area contributed by atoms with Crippen LogP contribution < -0.4 is 0 Å². The lowest BCUT2D eigenvalue weighted by molar-refractivity contribution is -0.138. The van der Waals surface area contributed by atoms with E-state index in [1.807, 2.05) is 0 Å². The lowest BCUT2D eigenvalue weighted by Gasteiger charge is -2.20. The zero-order chi connectivity index (χ0) is 16.3. The Morgan fingerprint density at radius 2 is 1.67 bits per heavy atom. The van der Waals surface area contributed by atoms with Crippen molar-refractivity contribution in [1.82, 2.24) is 4.90 Å². The van der Waals surface area contributed by atoms with Gasteiger partial charge in [0.05, 0.1) is 5.25 Å². The van der Waals surface area contributed by atoms with Crippen molar-refractivity contribution in [2.75, 3.05) is 12.3 Å². The van der Waals surface area contributed by atoms with E-state index in [1.165, 1.54) is 4.90 Å². The first-order chi connectivity index (χ1) is 9.49. The summed E-state index contributed by atoms with van der Waals surface area (Å²) in [4.78, 5) is 25.8. The topological polar surface area (TPSA) is 37.4 Å². The molecule has 1 aliphatic heterocycles. The summed E-state index contributed by atoms with van der Waals surface area (Å²) in [5.74, 6) is 0.960. The summed E-state index contributed by atoms with van der Waals surface area (Å²) >= 11 is 1.64. The molecule has 2 amide bonds. The number of carbonyl (C=O) groups excluding carboxylic acids is 2. The maximum absolute atomic E-state index is 12.3. The van der Waals surface area contributed by atoms with Gasteiger partial charge in [0.15, 0.2) is 0 Å². The van der Waals surface area contributed by atoms with Gasteiger partial charge < -0.3 is 0 Å². The Morgan fingerprint density at radius 3 is 2.19 bits per heavy atom. The van der Waals surface area contributed by atoms with Crippen LogP contribution in [0.2, 0.25) is 0 Å². The van der Waals surface area contributed by atoms with Crippen molar-refractivity contribution >= 4 is 23.6 Å². The SMILES string of the molecule is CC(C)(C)CCCCN1C(=O)CC(SCC(C)(C)C)C1=O. The molecule has 1 heterocycles. The van der Waals surface area contributed by atoms with Crippen LogP contribution in [0.4, 0.5) is 0 Å². The van der Waals surface area contributed by atoms with Crippen molar-refractivity contribution in [1.29, 1.82) is 0 Å². The van der Waals surface area contributed by atoms with Gasteiger partial charge in [0.2, 0.25) is 11.8 Å². The number of hydrogen-bond acceptors (Lipinski definition) is 3. The average molecular weight is 314 g/mol. The number of carbonyl (C=O) groups is 2. The molecular weight excluding hydrogens is 282 g/mol. The summed E-state index contributed by atoms with van der Waals surface area (Å²) in [6, 6.07) is 0. The van der Waals surface area contributed by atoms with Gasteiger partial charge in [0.25, 0.3) is 0 Å². The summed E-state index contributed by atoms with van der Waals surface area (Å²) in [6.45, 7) is 13.7. The molecule has 1 rings (SSSR count). The minimum absolute atomic E-state index is 0.0159. The quantitative estimate of drug-likeness (QED) is 0.547. The van der Waals surface area contributed by atoms with Crippen LogP contribution in [-0.4, -0.2) is 34.3 Å². The van der Waals surface area contributed by atoms with Crippen molar-refractivity contribution in [3.8, 4) is 0 Å². The summed E-state index contributed by atoms with van der Waals surface area (Å²) < 4.78 is 0. The van der Waals surface area contributed by atoms with Crippen LogP contribution in [0.1, 0.15) is 67.2 Å². The average Bonchev–Trinajstić information content (AvgIpc) is 2.56. The van der Waals surface area contributed by atoms with Crippen molar-refractivity contribution in [2.45, 2.75) is 72.5 Å². The molecule has 1 unspecified atom stereocenters. The Labute approximate surface area is 134 Å². The van der Waals surface area contributed by atoms with Crippen LogP contribution >= 0.6 is 11.8 Å². The molecule has 0 spiro atoms. The zero-order valence-electron chi connectivity index (χ0n) is 14.5. The summed E-state index contributed by atoms with van der Waals surface area (Å²) in [5.41, 5.74) is 0.512. The Kier molecular flexibility index (Phi) is 6.33. The predicted octanol–water partition coefficient (Wildman–Crippen LogP) is 4.11. The Bertz CT molecular complexity index is 379. The third-order valence-electron chi connectivity index (χ3n) is 3.48. The molecular formula is C17H31NO2S. The van der Waals surface area contributed by atoms with Gasteiger partial charge in [-0.05, 0) is 29.4 Å². The molecule has 1 aliphatic rings. The summed E-state index contributed by atoms with van der Waals surface area (Å²) in [7, 11) is 0. The van der Waals surface area contributed by atoms with Crippen molar-refractivity contribution in [3.63, 3.8) is 0 Å². The normalized spacial score (nSPS) is 20.5. The zero-order valence-corrected chi connectivity index (χ0v) is 15.3. The summed E-state index contributed by atoms with van der Waals surface area (Å²) in [5, 5.41) is -0.153. The van der Waals surface area contributed by atoms with Crippen molar-refractivity contribution in [2.24, 2.45) is 10.8 Å². The van der Waals surface area contributed by atoms with Crippen molar-refractivity contribution < 1.29 is 9.59 Å². The molecule has 0 saturated carbocycles. The largest absolute Gasteiger partial charge is 0.282 e. The molecule has 4 heteroatoms. The number of rotatable bonds is 6. The number of hydrogen-bond donors (Lipinski definition) is 0. The molecule has 0 aromatic carbocycles. The highest BCUT2D eigenvalue weighted by molar-refractivity contribution is 8.00. The van der Waals surface area contributed by atoms with Crippen molar-refractivity contribution in [3.05, 3.63) is 0 Å². The first kappa shape index (κ1) is 18.5. The number of unbranched alkanes of at least 4 members (excludes halogenated alkanes) is 1. The van der Waals surface area contributed by atoms with Gasteiger partial charge in [-0.1, -0.05) is 48.0 Å². The van der Waals surface area contributed by atoms with E-state index in [9.17, 15) is 9.59 Å². The van der Waals surface area contributed by atoms with Gasteiger partial charge in [-0.15, -0.1) is 11.8 Å². The molecule has 0 aromatic rings. The highest BCUT2D eigenvalue weighted by Gasteiger charge is 2.38. The molecule has 0 N–H and O–H groups in total. The Morgan fingerprint density at radius 1 is 1.05 bits per heavy atom. The van der Waals surface area contributed by atoms with Gasteiger partial charge in [0.1, 0.15) is 0 Å². The number of likely N-dealkylation sites (tertiary alicyclic amines) is 1. The van der Waals surface area contributed by atoms with Gasteiger partial charge in [0, 0.05) is 13.0 Å². The van der Waals surface area contributed by atoms with Gasteiger partial charge in [-0.3, -0.25) is 14.5 Å². The lowest BCUT2D eigenvalue weighted by Crippen LogP contribution is -2.32. The maximum atomic E-state index is 12.3. The highest BCUT2D eigenvalue weighted by atomic mass is 32.2. The lowest BCUT2D eigenvalue weighted by atomic mass is 9.90. The molecule has 3 nitrogen and oxygen atoms in total. The van der Waals surface area contributed by atoms with E-state index in [0.29, 0.717) is 18.4 Å². The Balaban J connectivity index is 2.39. The summed E-state index contributed by atoms with van der Waals surface area (Å²) in [6.07, 6.45) is 3.51. The third kappa shape index (κ3) is 6.86. The second kappa shape index (κ2) is 7.17. The molecule has 122 valence electrons. The fourth-order valence-corrected chi connectivity index (χ4v) is 3.53. The van der Waals surface area contributed by atoms with E-state index in [0.717, 1.165) is 25.0 Å². The fraction of sp³-hybridized carbons (Fsp3) is 0.882. The van der Waals surface area contributed by atoms with Crippen LogP contribution in [0.15, 0.2) is 0 Å². The van der Waals surface area contributed by atoms with Crippen LogP contribution in [0.25, 0.3) is 0 Å². The molecule has 1 atom stereocenters. The maximum Gasteiger partial charge on any atom is 0.242 e. The number of nitrogens with zero attached hydrogens (tertiary/aromatic N) is 1. The molecule has 0 radical (unpaired) electrons. The number of amides is 2. The van der Waals surface area contributed by atoms with Gasteiger partial charge in [-0.25, -0.2) is 0 Å². The minimum Gasteiger partial charge on any atom is -0.282 e. The third-order valence-corrected chi connectivity index (χ3v) is 5.28. The fourth-order valence-electron chi connectivity index (χ4n) is 2.29. The van der Waals surface area contributed by atoms with Crippen LogP contribution in [-0.2, 0) is 9.59 Å².